The number of aromatic nitrogens is 8. The molecule has 4 rings (SSSR count). The number of nitrogens with zero attached hydrogens (tertiary/aromatic N) is 9. The molecule has 29 heavy (non-hydrogen) atoms. The molecular weight excluding hydrogens is 402 g/mol. The van der Waals surface area contributed by atoms with Gasteiger partial charge in [-0.15, -0.1) is 15.3 Å². The number of amides is 1. The lowest BCUT2D eigenvalue weighted by Gasteiger charge is -2.05. The van der Waals surface area contributed by atoms with Gasteiger partial charge >= 0.3 is 0 Å². The van der Waals surface area contributed by atoms with Crippen LogP contribution >= 0.6 is 11.8 Å². The number of nitrogen functional groups attached to an aromatic ring is 1. The molecule has 1 amide bonds. The number of aryl methyl sites for hydroxylation is 1. The highest BCUT2D eigenvalue weighted by molar-refractivity contribution is 7.98. The summed E-state index contributed by atoms with van der Waals surface area (Å²) in [4.78, 5) is 12.6. The minimum absolute atomic E-state index is 0.00439. The van der Waals surface area contributed by atoms with Crippen molar-refractivity contribution in [2.24, 2.45) is 12.1 Å². The van der Waals surface area contributed by atoms with E-state index in [0.717, 1.165) is 0 Å². The van der Waals surface area contributed by atoms with Crippen molar-refractivity contribution in [2.45, 2.75) is 10.9 Å². The highest BCUT2D eigenvalue weighted by atomic mass is 32.2. The van der Waals surface area contributed by atoms with E-state index >= 15 is 0 Å². The number of anilines is 1. The molecular formula is C14H13N11O3S. The molecule has 0 unspecified atom stereocenters. The molecule has 15 heteroatoms. The van der Waals surface area contributed by atoms with E-state index in [1.54, 1.807) is 24.0 Å². The Balaban J connectivity index is 1.60. The molecule has 0 atom stereocenters. The summed E-state index contributed by atoms with van der Waals surface area (Å²) in [5, 5.41) is 27.5. The lowest BCUT2D eigenvalue weighted by molar-refractivity contribution is 0.0949. The molecule has 0 aliphatic rings. The van der Waals surface area contributed by atoms with E-state index < -0.39 is 5.91 Å². The Morgan fingerprint density at radius 1 is 1.41 bits per heavy atom. The summed E-state index contributed by atoms with van der Waals surface area (Å²) in [5.41, 5.74) is 9.27. The molecule has 0 bridgehead atoms. The summed E-state index contributed by atoms with van der Waals surface area (Å²) in [5.74, 6) is -0.184. The van der Waals surface area contributed by atoms with Crippen molar-refractivity contribution in [2.75, 3.05) is 5.73 Å². The number of nitrogens with one attached hydrogen (secondary N) is 1. The van der Waals surface area contributed by atoms with Gasteiger partial charge in [0.2, 0.25) is 11.6 Å². The highest BCUT2D eigenvalue weighted by Gasteiger charge is 2.24. The SMILES string of the molecule is Cn1cnnc1SCc1c(C(=O)N/N=C/c2ccoc2)nnn1-c1nonc1N. The lowest BCUT2D eigenvalue weighted by atomic mass is 10.3. The number of hydrogen-bond donors (Lipinski definition) is 2. The van der Waals surface area contributed by atoms with Gasteiger partial charge in [0.05, 0.1) is 24.4 Å². The van der Waals surface area contributed by atoms with Gasteiger partial charge < -0.3 is 14.7 Å². The maximum atomic E-state index is 12.6. The molecule has 14 nitrogen and oxygen atoms in total. The molecule has 3 N–H and O–H groups in total. The van der Waals surface area contributed by atoms with Gasteiger partial charge in [0.1, 0.15) is 6.33 Å². The largest absolute Gasteiger partial charge is 0.472 e. The van der Waals surface area contributed by atoms with Gasteiger partial charge in [-0.1, -0.05) is 17.0 Å². The van der Waals surface area contributed by atoms with Gasteiger partial charge in [-0.25, -0.2) is 10.1 Å². The van der Waals surface area contributed by atoms with Crippen LogP contribution in [-0.4, -0.2) is 52.2 Å². The number of furan rings is 1. The number of carbonyl (C=O) groups excluding carboxylic acids is 1. The fourth-order valence-corrected chi connectivity index (χ4v) is 3.10. The molecule has 0 aliphatic carbocycles. The van der Waals surface area contributed by atoms with Crippen LogP contribution in [0.5, 0.6) is 0 Å². The quantitative estimate of drug-likeness (QED) is 0.236. The molecule has 0 aliphatic heterocycles. The van der Waals surface area contributed by atoms with Crippen LogP contribution in [0.3, 0.4) is 0 Å². The van der Waals surface area contributed by atoms with E-state index in [0.29, 0.717) is 16.4 Å². The summed E-state index contributed by atoms with van der Waals surface area (Å²) >= 11 is 1.32. The zero-order valence-corrected chi connectivity index (χ0v) is 15.6. The Bertz CT molecular complexity index is 1140. The first-order valence-electron chi connectivity index (χ1n) is 7.99. The topological polar surface area (TPSA) is 181 Å². The number of hydrogen-bond acceptors (Lipinski definition) is 12. The lowest BCUT2D eigenvalue weighted by Crippen LogP contribution is -2.20. The van der Waals surface area contributed by atoms with E-state index in [4.69, 9.17) is 10.2 Å². The first-order chi connectivity index (χ1) is 14.1. The molecule has 0 radical (unpaired) electrons. The number of hydrazone groups is 1. The van der Waals surface area contributed by atoms with E-state index in [-0.39, 0.29) is 23.1 Å². The van der Waals surface area contributed by atoms with Crippen LogP contribution in [0.25, 0.3) is 5.82 Å². The zero-order chi connectivity index (χ0) is 20.2. The minimum atomic E-state index is -0.570. The Kier molecular flexibility index (Phi) is 5.02. The fourth-order valence-electron chi connectivity index (χ4n) is 2.22. The van der Waals surface area contributed by atoms with E-state index in [1.165, 1.54) is 35.2 Å². The summed E-state index contributed by atoms with van der Waals surface area (Å²) < 4.78 is 12.6. The monoisotopic (exact) mass is 415 g/mol. The van der Waals surface area contributed by atoms with E-state index in [1.807, 2.05) is 0 Å². The van der Waals surface area contributed by atoms with Crippen molar-refractivity contribution >= 4 is 29.7 Å². The average molecular weight is 415 g/mol. The zero-order valence-electron chi connectivity index (χ0n) is 14.8. The average Bonchev–Trinajstić information content (AvgIpc) is 3.48. The fraction of sp³-hybridized carbons (Fsp3) is 0.143. The Labute approximate surface area is 166 Å². The highest BCUT2D eigenvalue weighted by Crippen LogP contribution is 2.24. The van der Waals surface area contributed by atoms with Gasteiger partial charge in [-0.05, 0) is 16.4 Å². The van der Waals surface area contributed by atoms with Gasteiger partial charge in [0.15, 0.2) is 10.9 Å². The maximum Gasteiger partial charge on any atom is 0.293 e. The molecule has 148 valence electrons. The maximum absolute atomic E-state index is 12.6. The summed E-state index contributed by atoms with van der Waals surface area (Å²) in [6, 6.07) is 1.69. The summed E-state index contributed by atoms with van der Waals surface area (Å²) in [6.07, 6.45) is 5.97. The van der Waals surface area contributed by atoms with Gasteiger partial charge in [-0.2, -0.15) is 9.78 Å². The predicted molar refractivity (Wildman–Crippen MR) is 98.0 cm³/mol. The Hall–Kier alpha value is -4.01. The van der Waals surface area contributed by atoms with Gasteiger partial charge in [0.25, 0.3) is 5.91 Å². The normalized spacial score (nSPS) is 11.3. The van der Waals surface area contributed by atoms with E-state index in [2.05, 4.69) is 46.0 Å². The van der Waals surface area contributed by atoms with Crippen molar-refractivity contribution in [1.29, 1.82) is 0 Å². The minimum Gasteiger partial charge on any atom is -0.472 e. The van der Waals surface area contributed by atoms with Crippen molar-refractivity contribution in [3.8, 4) is 5.82 Å². The summed E-state index contributed by atoms with van der Waals surface area (Å²) in [7, 11) is 1.80. The summed E-state index contributed by atoms with van der Waals surface area (Å²) in [6.45, 7) is 0. The van der Waals surface area contributed by atoms with Gasteiger partial charge in [0, 0.05) is 18.4 Å². The van der Waals surface area contributed by atoms with Crippen LogP contribution in [0.1, 0.15) is 21.7 Å². The predicted octanol–water partition coefficient (Wildman–Crippen LogP) is 0.0102. The second-order valence-electron chi connectivity index (χ2n) is 5.54. The van der Waals surface area contributed by atoms with Gasteiger partial charge in [-0.3, -0.25) is 4.79 Å². The number of nitrogens with two attached hydrogens (primary N) is 1. The van der Waals surface area contributed by atoms with E-state index in [9.17, 15) is 4.79 Å². The second kappa shape index (κ2) is 7.93. The molecule has 4 aromatic heterocycles. The van der Waals surface area contributed by atoms with Crippen molar-refractivity contribution in [1.82, 2.24) is 45.5 Å². The third-order valence-corrected chi connectivity index (χ3v) is 4.65. The number of rotatable bonds is 7. The van der Waals surface area contributed by atoms with Crippen molar-refractivity contribution in [3.05, 3.63) is 41.9 Å². The third-order valence-electron chi connectivity index (χ3n) is 3.61. The van der Waals surface area contributed by atoms with Crippen molar-refractivity contribution < 1.29 is 13.8 Å². The smallest absolute Gasteiger partial charge is 0.293 e. The van der Waals surface area contributed by atoms with Crippen LogP contribution in [0, 0.1) is 0 Å². The molecule has 0 saturated heterocycles. The number of carbonyl (C=O) groups is 1. The first-order valence-corrected chi connectivity index (χ1v) is 8.97. The molecule has 0 spiro atoms. The third kappa shape index (κ3) is 3.84. The van der Waals surface area contributed by atoms with Crippen LogP contribution < -0.4 is 11.2 Å². The molecule has 0 saturated carbocycles. The van der Waals surface area contributed by atoms with Crippen LogP contribution in [-0.2, 0) is 12.8 Å². The molecule has 0 aromatic carbocycles. The number of thioether (sulfide) groups is 1. The molecule has 4 heterocycles. The van der Waals surface area contributed by atoms with Crippen LogP contribution in [0.2, 0.25) is 0 Å². The van der Waals surface area contributed by atoms with Crippen molar-refractivity contribution in [3.63, 3.8) is 0 Å². The molecule has 0 fully saturated rings. The Morgan fingerprint density at radius 2 is 2.31 bits per heavy atom. The first kappa shape index (κ1) is 18.4. The molecule has 4 aromatic rings. The van der Waals surface area contributed by atoms with Crippen LogP contribution in [0.15, 0.2) is 44.2 Å². The van der Waals surface area contributed by atoms with Crippen LogP contribution in [0.4, 0.5) is 5.82 Å². The second-order valence-corrected chi connectivity index (χ2v) is 6.48. The standard InChI is InChI=1S/C14H13N11O3S/c1-24-7-17-20-14(24)29-6-9-10(13(26)19-16-4-8-2-3-27-5-8)18-23-25(9)12-11(15)21-28-22-12/h2-5,7H,6H2,1H3,(H2,15,21)(H,19,26)/b16-4+. The Morgan fingerprint density at radius 3 is 3.00 bits per heavy atom.